The lowest BCUT2D eigenvalue weighted by Crippen LogP contribution is -2.52. The van der Waals surface area contributed by atoms with Crippen LogP contribution in [-0.4, -0.2) is 61.6 Å². The average Bonchev–Trinajstić information content (AvgIpc) is 3.20. The molecular formula is C22H27N9O2. The second-order valence-corrected chi connectivity index (χ2v) is 9.09. The first kappa shape index (κ1) is 20.0. The molecule has 172 valence electrons. The summed E-state index contributed by atoms with van der Waals surface area (Å²) in [6, 6.07) is 5.50. The summed E-state index contributed by atoms with van der Waals surface area (Å²) in [5.74, 6) is 2.43. The summed E-state index contributed by atoms with van der Waals surface area (Å²) in [7, 11) is 0. The molecule has 1 aliphatic carbocycles. The minimum Gasteiger partial charge on any atom is -0.354 e. The van der Waals surface area contributed by atoms with Gasteiger partial charge in [0.25, 0.3) is 0 Å². The molecule has 0 unspecified atom stereocenters. The number of carbonyl (C=O) groups is 2. The number of fused-ring (bicyclic) bond motifs is 1. The van der Waals surface area contributed by atoms with Crippen molar-refractivity contribution in [2.75, 3.05) is 23.3 Å². The quantitative estimate of drug-likeness (QED) is 0.448. The topological polar surface area (TPSA) is 132 Å². The summed E-state index contributed by atoms with van der Waals surface area (Å²) in [6.07, 6.45) is 7.05. The molecule has 0 radical (unpaired) electrons. The fourth-order valence-electron chi connectivity index (χ4n) is 4.69. The van der Waals surface area contributed by atoms with E-state index in [9.17, 15) is 9.59 Å². The maximum Gasteiger partial charge on any atom is 0.243 e. The molecular weight excluding hydrogens is 422 g/mol. The lowest BCUT2D eigenvalue weighted by Gasteiger charge is -2.28. The SMILES string of the molecule is O=C1CC[C@@H](NC(=O)[C@@H]2CCCN2c2nc(Nc3cc(C4CC4)[nH]n3)n3cccc3n2)CN1. The summed E-state index contributed by atoms with van der Waals surface area (Å²) in [4.78, 5) is 36.0. The van der Waals surface area contributed by atoms with Gasteiger partial charge in [0.1, 0.15) is 11.7 Å². The molecule has 5 heterocycles. The van der Waals surface area contributed by atoms with Gasteiger partial charge in [0.15, 0.2) is 5.82 Å². The van der Waals surface area contributed by atoms with Crippen LogP contribution in [0.2, 0.25) is 0 Å². The molecule has 2 atom stereocenters. The minimum absolute atomic E-state index is 0.0377. The fourth-order valence-corrected chi connectivity index (χ4v) is 4.69. The third kappa shape index (κ3) is 3.98. The molecule has 2 saturated heterocycles. The number of carbonyl (C=O) groups excluding carboxylic acids is 2. The summed E-state index contributed by atoms with van der Waals surface area (Å²) in [5, 5.41) is 16.7. The summed E-state index contributed by atoms with van der Waals surface area (Å²) in [5.41, 5.74) is 1.90. The second-order valence-electron chi connectivity index (χ2n) is 9.09. The Hall–Kier alpha value is -3.63. The highest BCUT2D eigenvalue weighted by Crippen LogP contribution is 2.39. The van der Waals surface area contributed by atoms with Crippen molar-refractivity contribution >= 4 is 35.2 Å². The van der Waals surface area contributed by atoms with E-state index < -0.39 is 0 Å². The van der Waals surface area contributed by atoms with Crippen LogP contribution in [0.5, 0.6) is 0 Å². The van der Waals surface area contributed by atoms with E-state index in [1.807, 2.05) is 33.7 Å². The highest BCUT2D eigenvalue weighted by molar-refractivity contribution is 5.86. The van der Waals surface area contributed by atoms with Gasteiger partial charge >= 0.3 is 0 Å². The molecule has 3 aliphatic rings. The average molecular weight is 450 g/mol. The first-order valence-corrected chi connectivity index (χ1v) is 11.7. The fraction of sp³-hybridized carbons (Fsp3) is 0.500. The number of anilines is 3. The molecule has 11 heteroatoms. The van der Waals surface area contributed by atoms with Gasteiger partial charge in [-0.25, -0.2) is 0 Å². The first-order valence-electron chi connectivity index (χ1n) is 11.7. The molecule has 3 fully saturated rings. The van der Waals surface area contributed by atoms with Crippen molar-refractivity contribution in [2.24, 2.45) is 0 Å². The van der Waals surface area contributed by atoms with Gasteiger partial charge in [-0.3, -0.25) is 19.1 Å². The Balaban J connectivity index is 1.23. The first-order chi connectivity index (χ1) is 16.1. The van der Waals surface area contributed by atoms with E-state index in [0.717, 1.165) is 24.2 Å². The van der Waals surface area contributed by atoms with Gasteiger partial charge in [-0.2, -0.15) is 15.1 Å². The van der Waals surface area contributed by atoms with E-state index in [1.54, 1.807) is 0 Å². The van der Waals surface area contributed by atoms with Crippen molar-refractivity contribution < 1.29 is 9.59 Å². The maximum atomic E-state index is 13.1. The van der Waals surface area contributed by atoms with Gasteiger partial charge in [0, 0.05) is 49.4 Å². The van der Waals surface area contributed by atoms with Gasteiger partial charge in [-0.1, -0.05) is 0 Å². The monoisotopic (exact) mass is 449 g/mol. The number of piperidine rings is 1. The summed E-state index contributed by atoms with van der Waals surface area (Å²) < 4.78 is 1.88. The molecule has 11 nitrogen and oxygen atoms in total. The number of H-pyrrole nitrogens is 1. The summed E-state index contributed by atoms with van der Waals surface area (Å²) >= 11 is 0. The van der Waals surface area contributed by atoms with E-state index in [-0.39, 0.29) is 23.9 Å². The summed E-state index contributed by atoms with van der Waals surface area (Å²) in [6.45, 7) is 1.19. The Bertz CT molecular complexity index is 1190. The van der Waals surface area contributed by atoms with Gasteiger partial charge in [-0.05, 0) is 44.2 Å². The van der Waals surface area contributed by atoms with Crippen LogP contribution in [0.3, 0.4) is 0 Å². The van der Waals surface area contributed by atoms with Crippen LogP contribution < -0.4 is 20.9 Å². The predicted octanol–water partition coefficient (Wildman–Crippen LogP) is 1.44. The Morgan fingerprint density at radius 1 is 1.18 bits per heavy atom. The molecule has 1 saturated carbocycles. The standard InChI is InChI=1S/C22H27N9O2/c32-19-8-7-14(12-23-19)24-20(33)16-3-1-9-30(16)22-26-18-4-2-10-31(18)21(27-22)25-17-11-15(28-29-17)13-5-6-13/h2,4,10-11,13-14,16H,1,3,5-9,12H2,(H,23,32)(H,24,33)(H2,25,26,27,28,29)/t14-,16+/m1/s1. The molecule has 2 aliphatic heterocycles. The number of rotatable bonds is 6. The number of aromatic amines is 1. The van der Waals surface area contributed by atoms with Crippen LogP contribution in [0.25, 0.3) is 5.65 Å². The lowest BCUT2D eigenvalue weighted by molar-refractivity contribution is -0.126. The van der Waals surface area contributed by atoms with Gasteiger partial charge in [0.2, 0.25) is 23.7 Å². The normalized spacial score (nSPS) is 23.0. The van der Waals surface area contributed by atoms with Gasteiger partial charge in [-0.15, -0.1) is 0 Å². The van der Waals surface area contributed by atoms with Crippen LogP contribution in [0.1, 0.15) is 50.1 Å². The molecule has 4 N–H and O–H groups in total. The van der Waals surface area contributed by atoms with Gasteiger partial charge < -0.3 is 20.9 Å². The Morgan fingerprint density at radius 2 is 2.09 bits per heavy atom. The zero-order valence-electron chi connectivity index (χ0n) is 18.3. The van der Waals surface area contributed by atoms with E-state index in [4.69, 9.17) is 9.97 Å². The molecule has 0 aromatic carbocycles. The minimum atomic E-state index is -0.334. The van der Waals surface area contributed by atoms with Crippen LogP contribution in [-0.2, 0) is 9.59 Å². The van der Waals surface area contributed by atoms with Crippen molar-refractivity contribution in [3.8, 4) is 0 Å². The van der Waals surface area contributed by atoms with Gasteiger partial charge in [0.05, 0.1) is 0 Å². The molecule has 2 amide bonds. The highest BCUT2D eigenvalue weighted by atomic mass is 16.2. The Kier molecular flexibility index (Phi) is 4.88. The molecule has 3 aromatic rings. The van der Waals surface area contributed by atoms with Crippen LogP contribution in [0.4, 0.5) is 17.7 Å². The zero-order chi connectivity index (χ0) is 22.4. The third-order valence-corrected chi connectivity index (χ3v) is 6.65. The second kappa shape index (κ2) is 8.05. The van der Waals surface area contributed by atoms with Crippen molar-refractivity contribution in [1.29, 1.82) is 0 Å². The lowest BCUT2D eigenvalue weighted by atomic mass is 10.1. The number of amides is 2. The molecule has 0 bridgehead atoms. The largest absolute Gasteiger partial charge is 0.354 e. The van der Waals surface area contributed by atoms with Crippen molar-refractivity contribution in [3.63, 3.8) is 0 Å². The Labute approximate surface area is 190 Å². The van der Waals surface area contributed by atoms with E-state index in [0.29, 0.717) is 49.6 Å². The number of nitrogens with zero attached hydrogens (tertiary/aromatic N) is 5. The molecule has 3 aromatic heterocycles. The molecule has 0 spiro atoms. The number of hydrogen-bond acceptors (Lipinski definition) is 7. The molecule has 6 rings (SSSR count). The van der Waals surface area contributed by atoms with Crippen molar-refractivity contribution in [2.45, 2.75) is 56.5 Å². The Morgan fingerprint density at radius 3 is 2.91 bits per heavy atom. The predicted molar refractivity (Wildman–Crippen MR) is 121 cm³/mol. The molecule has 33 heavy (non-hydrogen) atoms. The number of hydrogen-bond donors (Lipinski definition) is 4. The van der Waals surface area contributed by atoms with Crippen LogP contribution >= 0.6 is 0 Å². The van der Waals surface area contributed by atoms with E-state index in [1.165, 1.54) is 12.8 Å². The highest BCUT2D eigenvalue weighted by Gasteiger charge is 2.34. The zero-order valence-corrected chi connectivity index (χ0v) is 18.3. The van der Waals surface area contributed by atoms with E-state index in [2.05, 4.69) is 26.1 Å². The van der Waals surface area contributed by atoms with E-state index >= 15 is 0 Å². The third-order valence-electron chi connectivity index (χ3n) is 6.65. The number of aromatic nitrogens is 5. The maximum absolute atomic E-state index is 13.1. The van der Waals surface area contributed by atoms with Crippen molar-refractivity contribution in [1.82, 2.24) is 35.2 Å². The van der Waals surface area contributed by atoms with Crippen molar-refractivity contribution in [3.05, 3.63) is 30.1 Å². The van der Waals surface area contributed by atoms with Crippen LogP contribution in [0.15, 0.2) is 24.4 Å². The van der Waals surface area contributed by atoms with Crippen LogP contribution in [0, 0.1) is 0 Å². The number of nitrogens with one attached hydrogen (secondary N) is 4. The smallest absolute Gasteiger partial charge is 0.243 e.